The average molecular weight is 1090 g/mol. The zero-order chi connectivity index (χ0) is 49.2. The van der Waals surface area contributed by atoms with E-state index in [0.717, 1.165) is 44.7 Å². The predicted octanol–water partition coefficient (Wildman–Crippen LogP) is 6.04. The molecule has 3 N–H and O–H groups in total. The SMILES string of the molecule is CCn1c(-c2cccnc2[C@H](C)OC)c2c3cc(ccc31)-c1csc(n1)C[C@H](NC(=O)[C@H](C(C)C)N(C)CN(C)C1CN(C(=O)/C=C/C(C)(C)O)C1)C(=O)N1CCC[C@H](N1)C(=O)OCC(C)(C)C2.S.S.S.S. The molecule has 6 bridgehead atoms. The van der Waals surface area contributed by atoms with Crippen LogP contribution in [0.15, 0.2) is 54.1 Å². The third-order valence-corrected chi connectivity index (χ3v) is 14.3. The van der Waals surface area contributed by atoms with Crippen LogP contribution in [0, 0.1) is 11.3 Å². The molecule has 2 fully saturated rings. The molecule has 4 aromatic rings. The number of hydrazine groups is 1. The smallest absolute Gasteiger partial charge is 0.324 e. The van der Waals surface area contributed by atoms with E-state index in [2.05, 4.69) is 65.2 Å². The van der Waals surface area contributed by atoms with Gasteiger partial charge in [0.05, 0.1) is 53.1 Å². The second-order valence-electron chi connectivity index (χ2n) is 20.5. The van der Waals surface area contributed by atoms with Gasteiger partial charge in [0.25, 0.3) is 5.91 Å². The number of nitrogens with zero attached hydrogens (tertiary/aromatic N) is 7. The van der Waals surface area contributed by atoms with Gasteiger partial charge in [-0.1, -0.05) is 33.8 Å². The zero-order valence-electron chi connectivity index (χ0n) is 43.7. The average Bonchev–Trinajstić information content (AvgIpc) is 3.87. The molecular weight excluding hydrogens is 1010 g/mol. The number of fused-ring (bicyclic) bond motifs is 6. The van der Waals surface area contributed by atoms with Gasteiger partial charge in [0, 0.05) is 90.8 Å². The first-order chi connectivity index (χ1) is 32.2. The summed E-state index contributed by atoms with van der Waals surface area (Å²) in [4.78, 5) is 71.6. The number of carbonyl (C=O) groups is 4. The van der Waals surface area contributed by atoms with Crippen molar-refractivity contribution in [3.8, 4) is 22.5 Å². The fourth-order valence-electron chi connectivity index (χ4n) is 9.68. The summed E-state index contributed by atoms with van der Waals surface area (Å²) < 4.78 is 14.3. The molecule has 1 aromatic carbocycles. The van der Waals surface area contributed by atoms with Gasteiger partial charge in [-0.25, -0.2) is 10.4 Å². The third-order valence-electron chi connectivity index (χ3n) is 13.4. The molecule has 7 rings (SSSR count). The lowest BCUT2D eigenvalue weighted by Gasteiger charge is -2.45. The van der Waals surface area contributed by atoms with Gasteiger partial charge in [-0.2, -0.15) is 54.0 Å². The number of esters is 1. The number of hydrogen-bond acceptors (Lipinski definition) is 13. The molecule has 3 aliphatic rings. The van der Waals surface area contributed by atoms with Crippen molar-refractivity contribution >= 4 is 99.9 Å². The van der Waals surface area contributed by atoms with E-state index < -0.39 is 35.1 Å². The molecular formula is C51H79N9O7S5. The van der Waals surface area contributed by atoms with Gasteiger partial charge in [-0.3, -0.25) is 39.0 Å². The van der Waals surface area contributed by atoms with E-state index in [1.807, 2.05) is 51.2 Å². The Balaban J connectivity index is 0.00000342. The van der Waals surface area contributed by atoms with E-state index in [1.54, 1.807) is 32.1 Å². The Morgan fingerprint density at radius 3 is 2.47 bits per heavy atom. The van der Waals surface area contributed by atoms with Crippen molar-refractivity contribution in [1.82, 2.24) is 45.0 Å². The van der Waals surface area contributed by atoms with Crippen LogP contribution in [0.3, 0.4) is 0 Å². The number of amides is 3. The number of likely N-dealkylation sites (tertiary alicyclic amines) is 1. The molecule has 16 nitrogen and oxygen atoms in total. The summed E-state index contributed by atoms with van der Waals surface area (Å²) in [5, 5.41) is 18.4. The minimum atomic E-state index is -1.08. The third kappa shape index (κ3) is 14.4. The summed E-state index contributed by atoms with van der Waals surface area (Å²) in [7, 11) is 5.56. The van der Waals surface area contributed by atoms with Gasteiger partial charge in [-0.05, 0) is 103 Å². The van der Waals surface area contributed by atoms with Crippen LogP contribution < -0.4 is 10.7 Å². The number of nitrogens with one attached hydrogen (secondary N) is 2. The first-order valence-corrected chi connectivity index (χ1v) is 24.8. The number of thiazole rings is 1. The van der Waals surface area contributed by atoms with Crippen molar-refractivity contribution in [2.75, 3.05) is 54.1 Å². The highest BCUT2D eigenvalue weighted by Crippen LogP contribution is 2.42. The Bertz CT molecular complexity index is 2520. The Morgan fingerprint density at radius 2 is 1.82 bits per heavy atom. The summed E-state index contributed by atoms with van der Waals surface area (Å²) in [5.41, 5.74) is 8.36. The second kappa shape index (κ2) is 26.2. The lowest BCUT2D eigenvalue weighted by atomic mass is 9.84. The van der Waals surface area contributed by atoms with Crippen LogP contribution >= 0.6 is 65.3 Å². The number of aryl methyl sites for hydroxylation is 1. The maximum Gasteiger partial charge on any atom is 0.324 e. The standard InChI is InChI=1S/C51H71N9O7S.4H2S/c1-12-59-41-18-17-33-23-36(41)37(46(59)35-15-13-21-52-44(35)32(4)66-11)25-50(5,6)29-67-49(64)38-16-14-22-60(55-38)48(63)39(24-42-53-40(33)28-68-42)54-47(62)45(31(2)3)57(10)30-56(9)34-26-58(27-34)43(61)19-20-51(7,8)65;;;;/h13,15,17-21,23,28,31-32,34,38-39,45,55,65H,12,14,16,22,24-27,29-30H2,1-11H3,(H,54,62);4*1H2/b20-19+;;;;/t32-,38-,39-,45-;;;;/m0..../s1. The zero-order valence-corrected chi connectivity index (χ0v) is 48.5. The molecule has 3 aliphatic heterocycles. The van der Waals surface area contributed by atoms with E-state index in [4.69, 9.17) is 19.4 Å². The first kappa shape index (κ1) is 62.7. The summed E-state index contributed by atoms with van der Waals surface area (Å²) in [6, 6.07) is 8.24. The number of pyridine rings is 1. The summed E-state index contributed by atoms with van der Waals surface area (Å²) in [5.74, 6) is -1.35. The lowest BCUT2D eigenvalue weighted by molar-refractivity contribution is -0.155. The van der Waals surface area contributed by atoms with Crippen LogP contribution in [-0.2, 0) is 48.0 Å². The molecule has 3 amide bonds. The van der Waals surface area contributed by atoms with E-state index in [-0.39, 0.29) is 103 Å². The van der Waals surface area contributed by atoms with Gasteiger partial charge in [-0.15, -0.1) is 11.3 Å². The molecule has 0 unspecified atom stereocenters. The Labute approximate surface area is 457 Å². The van der Waals surface area contributed by atoms with Crippen molar-refractivity contribution in [2.45, 2.75) is 123 Å². The van der Waals surface area contributed by atoms with E-state index in [1.165, 1.54) is 28.5 Å². The van der Waals surface area contributed by atoms with Gasteiger partial charge < -0.3 is 29.4 Å². The van der Waals surface area contributed by atoms with Crippen LogP contribution in [0.1, 0.15) is 90.6 Å². The van der Waals surface area contributed by atoms with Gasteiger partial charge >= 0.3 is 5.97 Å². The Morgan fingerprint density at radius 1 is 1.11 bits per heavy atom. The maximum absolute atomic E-state index is 14.7. The molecule has 400 valence electrons. The molecule has 3 aromatic heterocycles. The largest absolute Gasteiger partial charge is 0.464 e. The first-order valence-electron chi connectivity index (χ1n) is 23.9. The fraction of sp³-hybridized carbons (Fsp3) is 0.569. The summed E-state index contributed by atoms with van der Waals surface area (Å²) >= 11 is 1.45. The van der Waals surface area contributed by atoms with Gasteiger partial charge in [0.2, 0.25) is 11.8 Å². The van der Waals surface area contributed by atoms with Crippen LogP contribution in [0.4, 0.5) is 0 Å². The number of cyclic esters (lactones) is 1. The highest BCUT2D eigenvalue weighted by atomic mass is 32.1. The molecule has 72 heavy (non-hydrogen) atoms. The molecule has 0 radical (unpaired) electrons. The molecule has 0 aliphatic carbocycles. The van der Waals surface area contributed by atoms with E-state index >= 15 is 0 Å². The fourth-order valence-corrected chi connectivity index (χ4v) is 10.5. The molecule has 6 heterocycles. The van der Waals surface area contributed by atoms with Crippen LogP contribution in [0.2, 0.25) is 0 Å². The minimum Gasteiger partial charge on any atom is -0.464 e. The van der Waals surface area contributed by atoms with Gasteiger partial charge in [0.15, 0.2) is 0 Å². The predicted molar refractivity (Wildman–Crippen MR) is 306 cm³/mol. The molecule has 0 saturated carbocycles. The number of likely N-dealkylation sites (N-methyl/N-ethyl adjacent to an activating group) is 2. The van der Waals surface area contributed by atoms with Gasteiger partial charge in [0.1, 0.15) is 12.1 Å². The normalized spacial score (nSPS) is 19.4. The molecule has 21 heteroatoms. The maximum atomic E-state index is 14.7. The molecule has 0 spiro atoms. The van der Waals surface area contributed by atoms with Crippen LogP contribution in [0.25, 0.3) is 33.4 Å². The van der Waals surface area contributed by atoms with Crippen molar-refractivity contribution in [3.63, 3.8) is 0 Å². The quantitative estimate of drug-likeness (QED) is 0.0807. The number of benzene rings is 1. The monoisotopic (exact) mass is 1090 g/mol. The second-order valence-corrected chi connectivity index (χ2v) is 21.4. The number of ether oxygens (including phenoxy) is 2. The van der Waals surface area contributed by atoms with Crippen molar-refractivity contribution in [3.05, 3.63) is 70.3 Å². The minimum absolute atomic E-state index is 0. The topological polar surface area (TPSA) is 175 Å². The van der Waals surface area contributed by atoms with Crippen LogP contribution in [-0.4, -0.2) is 147 Å². The number of aliphatic hydroxyl groups is 1. The Kier molecular flexibility index (Phi) is 22.8. The number of methoxy groups -OCH3 is 1. The highest BCUT2D eigenvalue weighted by molar-refractivity contribution is 7.59. The number of hydrogen-bond donors (Lipinski definition) is 3. The number of carbonyl (C=O) groups excluding carboxylic acids is 4. The summed E-state index contributed by atoms with van der Waals surface area (Å²) in [6.07, 6.45) is 6.25. The van der Waals surface area contributed by atoms with Crippen molar-refractivity contribution in [2.24, 2.45) is 11.3 Å². The van der Waals surface area contributed by atoms with Crippen molar-refractivity contribution in [1.29, 1.82) is 0 Å². The highest BCUT2D eigenvalue weighted by Gasteiger charge is 2.39. The summed E-state index contributed by atoms with van der Waals surface area (Å²) in [6.45, 7) is 18.3. The molecule has 4 atom stereocenters. The van der Waals surface area contributed by atoms with E-state index in [9.17, 15) is 24.3 Å². The van der Waals surface area contributed by atoms with Crippen molar-refractivity contribution < 1.29 is 33.8 Å². The molecule has 2 saturated heterocycles. The number of aromatic nitrogens is 3. The number of rotatable bonds is 13. The van der Waals surface area contributed by atoms with Crippen LogP contribution in [0.5, 0.6) is 0 Å². The van der Waals surface area contributed by atoms with E-state index in [0.29, 0.717) is 57.1 Å². The Hall–Kier alpha value is -3.64. The lowest BCUT2D eigenvalue weighted by Crippen LogP contribution is -2.63.